The highest BCUT2D eigenvalue weighted by Crippen LogP contribution is 2.23. The van der Waals surface area contributed by atoms with Gasteiger partial charge in [-0.1, -0.05) is 36.4 Å². The maximum absolute atomic E-state index is 12.6. The molecule has 1 heterocycles. The zero-order valence-corrected chi connectivity index (χ0v) is 15.4. The van der Waals surface area contributed by atoms with E-state index in [1.165, 1.54) is 4.90 Å². The molecule has 5 heteroatoms. The number of anilines is 1. The summed E-state index contributed by atoms with van der Waals surface area (Å²) in [6, 6.07) is 18.9. The maximum Gasteiger partial charge on any atom is 0.414 e. The predicted molar refractivity (Wildman–Crippen MR) is 109 cm³/mol. The lowest BCUT2D eigenvalue weighted by Crippen LogP contribution is -2.23. The van der Waals surface area contributed by atoms with Crippen LogP contribution in [0.4, 0.5) is 10.5 Å². The van der Waals surface area contributed by atoms with Crippen LogP contribution >= 0.6 is 0 Å². The summed E-state index contributed by atoms with van der Waals surface area (Å²) >= 11 is 0. The first-order valence-electron chi connectivity index (χ1n) is 8.98. The molecule has 4 rings (SSSR count). The summed E-state index contributed by atoms with van der Waals surface area (Å²) in [6.45, 7) is 0.860. The standard InChI is InChI=1S/C23H19NO4/c1-27-21-9-8-17-13-16(5-7-18(17)15-21)6-10-22(25)19-3-2-4-20(14-19)24-11-12-28-23(24)26/h2-10,13-15H,11-12H2,1H3/b10-6+. The highest BCUT2D eigenvalue weighted by Gasteiger charge is 2.23. The number of hydrogen-bond donors (Lipinski definition) is 0. The third-order valence-electron chi connectivity index (χ3n) is 4.70. The average Bonchev–Trinajstić information content (AvgIpc) is 3.17. The van der Waals surface area contributed by atoms with Crippen molar-refractivity contribution in [3.63, 3.8) is 0 Å². The third kappa shape index (κ3) is 3.60. The average molecular weight is 373 g/mol. The van der Waals surface area contributed by atoms with Gasteiger partial charge in [0, 0.05) is 11.3 Å². The number of nitrogens with zero attached hydrogens (tertiary/aromatic N) is 1. The van der Waals surface area contributed by atoms with Gasteiger partial charge >= 0.3 is 6.09 Å². The van der Waals surface area contributed by atoms with Gasteiger partial charge in [0.2, 0.25) is 0 Å². The van der Waals surface area contributed by atoms with Gasteiger partial charge in [0.15, 0.2) is 5.78 Å². The molecular weight excluding hydrogens is 354 g/mol. The maximum atomic E-state index is 12.6. The first-order chi connectivity index (χ1) is 13.6. The molecule has 0 unspecified atom stereocenters. The van der Waals surface area contributed by atoms with Gasteiger partial charge in [-0.15, -0.1) is 0 Å². The van der Waals surface area contributed by atoms with Crippen LogP contribution in [0, 0.1) is 0 Å². The van der Waals surface area contributed by atoms with E-state index in [-0.39, 0.29) is 11.9 Å². The van der Waals surface area contributed by atoms with Crippen molar-refractivity contribution >= 4 is 34.4 Å². The molecule has 3 aromatic carbocycles. The van der Waals surface area contributed by atoms with Crippen molar-refractivity contribution in [2.45, 2.75) is 0 Å². The lowest BCUT2D eigenvalue weighted by Gasteiger charge is -2.13. The van der Waals surface area contributed by atoms with E-state index in [1.807, 2.05) is 36.4 Å². The van der Waals surface area contributed by atoms with Gasteiger partial charge in [-0.2, -0.15) is 0 Å². The number of cyclic esters (lactones) is 1. The molecule has 0 saturated carbocycles. The molecule has 0 aromatic heterocycles. The molecule has 0 spiro atoms. The minimum atomic E-state index is -0.382. The van der Waals surface area contributed by atoms with E-state index in [0.29, 0.717) is 24.4 Å². The molecule has 1 aliphatic heterocycles. The fourth-order valence-corrected chi connectivity index (χ4v) is 3.20. The van der Waals surface area contributed by atoms with Crippen molar-refractivity contribution < 1.29 is 19.1 Å². The Kier molecular flexibility index (Phi) is 4.81. The van der Waals surface area contributed by atoms with Gasteiger partial charge in [0.1, 0.15) is 12.4 Å². The van der Waals surface area contributed by atoms with Crippen LogP contribution in [0.15, 0.2) is 66.7 Å². The number of rotatable bonds is 5. The molecule has 140 valence electrons. The van der Waals surface area contributed by atoms with Gasteiger partial charge in [0.05, 0.1) is 13.7 Å². The molecule has 0 bridgehead atoms. The van der Waals surface area contributed by atoms with Gasteiger partial charge in [0.25, 0.3) is 0 Å². The van der Waals surface area contributed by atoms with Crippen molar-refractivity contribution in [1.29, 1.82) is 0 Å². The Morgan fingerprint density at radius 2 is 1.89 bits per heavy atom. The second-order valence-electron chi connectivity index (χ2n) is 6.49. The lowest BCUT2D eigenvalue weighted by molar-refractivity contribution is 0.104. The first-order valence-corrected chi connectivity index (χ1v) is 8.98. The van der Waals surface area contributed by atoms with E-state index in [9.17, 15) is 9.59 Å². The summed E-state index contributed by atoms with van der Waals surface area (Å²) in [7, 11) is 1.64. The van der Waals surface area contributed by atoms with E-state index >= 15 is 0 Å². The normalized spacial score (nSPS) is 13.9. The highest BCUT2D eigenvalue weighted by molar-refractivity contribution is 6.08. The summed E-state index contributed by atoms with van der Waals surface area (Å²) < 4.78 is 10.2. The van der Waals surface area contributed by atoms with Crippen LogP contribution in [-0.2, 0) is 4.74 Å². The third-order valence-corrected chi connectivity index (χ3v) is 4.70. The molecule has 3 aromatic rings. The van der Waals surface area contributed by atoms with E-state index < -0.39 is 0 Å². The number of carbonyl (C=O) groups excluding carboxylic acids is 2. The van der Waals surface area contributed by atoms with E-state index in [0.717, 1.165) is 22.1 Å². The topological polar surface area (TPSA) is 55.8 Å². The van der Waals surface area contributed by atoms with Crippen LogP contribution in [0.2, 0.25) is 0 Å². The van der Waals surface area contributed by atoms with E-state index in [1.54, 1.807) is 43.5 Å². The van der Waals surface area contributed by atoms with Crippen LogP contribution in [0.5, 0.6) is 5.75 Å². The zero-order chi connectivity index (χ0) is 19.5. The van der Waals surface area contributed by atoms with Gasteiger partial charge in [-0.3, -0.25) is 9.69 Å². The van der Waals surface area contributed by atoms with Crippen molar-refractivity contribution in [1.82, 2.24) is 0 Å². The molecule has 1 fully saturated rings. The van der Waals surface area contributed by atoms with Gasteiger partial charge in [-0.25, -0.2) is 4.79 Å². The molecule has 1 saturated heterocycles. The Bertz CT molecular complexity index is 1090. The molecule has 0 N–H and O–H groups in total. The molecule has 5 nitrogen and oxygen atoms in total. The number of fused-ring (bicyclic) bond motifs is 1. The van der Waals surface area contributed by atoms with Gasteiger partial charge in [-0.05, 0) is 52.7 Å². The minimum Gasteiger partial charge on any atom is -0.497 e. The molecule has 0 aliphatic carbocycles. The summed E-state index contributed by atoms with van der Waals surface area (Å²) in [5, 5.41) is 2.15. The minimum absolute atomic E-state index is 0.121. The fraction of sp³-hybridized carbons (Fsp3) is 0.130. The molecule has 1 aliphatic rings. The van der Waals surface area contributed by atoms with Crippen molar-refractivity contribution in [2.75, 3.05) is 25.2 Å². The lowest BCUT2D eigenvalue weighted by atomic mass is 10.0. The zero-order valence-electron chi connectivity index (χ0n) is 15.4. The van der Waals surface area contributed by atoms with E-state index in [2.05, 4.69) is 0 Å². The van der Waals surface area contributed by atoms with Gasteiger partial charge < -0.3 is 9.47 Å². The van der Waals surface area contributed by atoms with Crippen LogP contribution in [0.1, 0.15) is 15.9 Å². The number of hydrogen-bond acceptors (Lipinski definition) is 4. The monoisotopic (exact) mass is 373 g/mol. The number of ether oxygens (including phenoxy) is 2. The van der Waals surface area contributed by atoms with E-state index in [4.69, 9.17) is 9.47 Å². The Morgan fingerprint density at radius 1 is 1.07 bits per heavy atom. The van der Waals surface area contributed by atoms with Crippen LogP contribution < -0.4 is 9.64 Å². The van der Waals surface area contributed by atoms with Crippen molar-refractivity contribution in [3.05, 3.63) is 77.9 Å². The van der Waals surface area contributed by atoms with Crippen LogP contribution in [-0.4, -0.2) is 32.1 Å². The second-order valence-corrected chi connectivity index (χ2v) is 6.49. The fourth-order valence-electron chi connectivity index (χ4n) is 3.20. The number of benzene rings is 3. The Morgan fingerprint density at radius 3 is 2.68 bits per heavy atom. The summed E-state index contributed by atoms with van der Waals surface area (Å²) in [5.41, 5.74) is 2.13. The largest absolute Gasteiger partial charge is 0.497 e. The van der Waals surface area contributed by atoms with Crippen molar-refractivity contribution in [2.24, 2.45) is 0 Å². The van der Waals surface area contributed by atoms with Crippen LogP contribution in [0.25, 0.3) is 16.8 Å². The smallest absolute Gasteiger partial charge is 0.414 e. The highest BCUT2D eigenvalue weighted by atomic mass is 16.6. The summed E-state index contributed by atoms with van der Waals surface area (Å²) in [4.78, 5) is 25.8. The summed E-state index contributed by atoms with van der Waals surface area (Å²) in [5.74, 6) is 0.692. The van der Waals surface area contributed by atoms with Crippen molar-refractivity contribution in [3.8, 4) is 5.75 Å². The number of allylic oxidation sites excluding steroid dienone is 1. The van der Waals surface area contributed by atoms with Crippen LogP contribution in [0.3, 0.4) is 0 Å². The Labute approximate surface area is 162 Å². The Hall–Kier alpha value is -3.60. The second kappa shape index (κ2) is 7.56. The molecule has 28 heavy (non-hydrogen) atoms. The summed E-state index contributed by atoms with van der Waals surface area (Å²) in [6.07, 6.45) is 2.96. The predicted octanol–water partition coefficient (Wildman–Crippen LogP) is 4.70. The number of carbonyl (C=O) groups is 2. The molecule has 0 atom stereocenters. The number of methoxy groups -OCH3 is 1. The first kappa shape index (κ1) is 17.8. The molecule has 0 radical (unpaired) electrons. The number of amides is 1. The quantitative estimate of drug-likeness (QED) is 0.480. The number of ketones is 1. The molecular formula is C23H19NO4. The SMILES string of the molecule is COc1ccc2cc(/C=C/C(=O)c3cccc(N4CCOC4=O)c3)ccc2c1. The Balaban J connectivity index is 1.54. The molecule has 1 amide bonds.